The number of pyridine rings is 1. The fourth-order valence-corrected chi connectivity index (χ4v) is 1.82. The quantitative estimate of drug-likeness (QED) is 0.842. The molecular weight excluding hydrogens is 266 g/mol. The first-order valence-electron chi connectivity index (χ1n) is 7.05. The van der Waals surface area contributed by atoms with E-state index >= 15 is 0 Å². The lowest BCUT2D eigenvalue weighted by molar-refractivity contribution is -0.119. The van der Waals surface area contributed by atoms with E-state index in [0.717, 1.165) is 13.0 Å². The van der Waals surface area contributed by atoms with Gasteiger partial charge < -0.3 is 11.1 Å². The van der Waals surface area contributed by atoms with Crippen LogP contribution in [-0.4, -0.2) is 26.7 Å². The minimum absolute atomic E-state index is 0.107. The lowest BCUT2D eigenvalue weighted by atomic mass is 10.0. The number of hydrogen-bond acceptors (Lipinski definition) is 4. The van der Waals surface area contributed by atoms with Gasteiger partial charge >= 0.3 is 0 Å². The van der Waals surface area contributed by atoms with Crippen molar-refractivity contribution in [2.45, 2.75) is 32.9 Å². The third-order valence-corrected chi connectivity index (χ3v) is 3.47. The summed E-state index contributed by atoms with van der Waals surface area (Å²) in [5, 5.41) is 7.12. The topological polar surface area (TPSA) is 85.8 Å². The minimum Gasteiger partial charge on any atom is -0.327 e. The highest BCUT2D eigenvalue weighted by Crippen LogP contribution is 2.08. The second-order valence-electron chi connectivity index (χ2n) is 5.21. The van der Waals surface area contributed by atoms with Crippen LogP contribution in [0.25, 0.3) is 0 Å². The largest absolute Gasteiger partial charge is 0.327 e. The Hall–Kier alpha value is -2.21. The van der Waals surface area contributed by atoms with Crippen molar-refractivity contribution in [2.24, 2.45) is 11.7 Å². The summed E-state index contributed by atoms with van der Waals surface area (Å²) < 4.78 is 1.81. The Kier molecular flexibility index (Phi) is 5.05. The maximum atomic E-state index is 11.9. The molecule has 0 aliphatic rings. The Bertz CT molecular complexity index is 579. The van der Waals surface area contributed by atoms with Crippen molar-refractivity contribution in [3.8, 4) is 0 Å². The number of nitrogens with one attached hydrogen (secondary N) is 1. The fraction of sp³-hybridized carbons (Fsp3) is 0.400. The van der Waals surface area contributed by atoms with Crippen molar-refractivity contribution in [1.29, 1.82) is 0 Å². The van der Waals surface area contributed by atoms with Crippen LogP contribution in [0.1, 0.15) is 19.4 Å². The number of nitrogens with zero attached hydrogens (tertiary/aromatic N) is 3. The van der Waals surface area contributed by atoms with Gasteiger partial charge in [0.05, 0.1) is 5.92 Å². The number of hydrogen-bond donors (Lipinski definition) is 2. The molecule has 3 N–H and O–H groups in total. The molecule has 21 heavy (non-hydrogen) atoms. The van der Waals surface area contributed by atoms with Crippen LogP contribution >= 0.6 is 0 Å². The number of carbonyl (C=O) groups excluding carboxylic acids is 1. The summed E-state index contributed by atoms with van der Waals surface area (Å²) >= 11 is 0. The summed E-state index contributed by atoms with van der Waals surface area (Å²) in [5.74, 6) is 0.207. The molecule has 1 amide bonds. The molecule has 0 radical (unpaired) electrons. The summed E-state index contributed by atoms with van der Waals surface area (Å²) in [4.78, 5) is 15.9. The van der Waals surface area contributed by atoms with Crippen LogP contribution < -0.4 is 11.1 Å². The van der Waals surface area contributed by atoms with Gasteiger partial charge in [-0.1, -0.05) is 6.92 Å². The molecule has 2 aromatic heterocycles. The first-order valence-corrected chi connectivity index (χ1v) is 7.05. The predicted octanol–water partition coefficient (Wildman–Crippen LogP) is 1.44. The van der Waals surface area contributed by atoms with Gasteiger partial charge in [0.2, 0.25) is 5.91 Å². The lowest BCUT2D eigenvalue weighted by Gasteiger charge is -2.13. The Morgan fingerprint density at radius 1 is 1.33 bits per heavy atom. The molecule has 0 aromatic carbocycles. The van der Waals surface area contributed by atoms with E-state index in [1.54, 1.807) is 25.4 Å². The summed E-state index contributed by atoms with van der Waals surface area (Å²) in [6.07, 6.45) is 6.28. The third-order valence-electron chi connectivity index (χ3n) is 3.47. The van der Waals surface area contributed by atoms with Crippen molar-refractivity contribution < 1.29 is 4.79 Å². The second-order valence-corrected chi connectivity index (χ2v) is 5.21. The smallest absolute Gasteiger partial charge is 0.229 e. The van der Waals surface area contributed by atoms with E-state index in [9.17, 15) is 4.79 Å². The second kappa shape index (κ2) is 6.99. The molecule has 6 nitrogen and oxygen atoms in total. The Morgan fingerprint density at radius 2 is 2.05 bits per heavy atom. The van der Waals surface area contributed by atoms with Crippen molar-refractivity contribution in [3.63, 3.8) is 0 Å². The molecule has 0 aliphatic heterocycles. The van der Waals surface area contributed by atoms with Gasteiger partial charge in [-0.2, -0.15) is 5.10 Å². The normalized spacial score (nSPS) is 13.7. The number of aryl methyl sites for hydroxylation is 2. The Morgan fingerprint density at radius 3 is 2.71 bits per heavy atom. The van der Waals surface area contributed by atoms with Crippen molar-refractivity contribution in [1.82, 2.24) is 14.8 Å². The van der Waals surface area contributed by atoms with Crippen LogP contribution in [0.2, 0.25) is 0 Å². The first kappa shape index (κ1) is 15.2. The number of rotatable bonds is 6. The van der Waals surface area contributed by atoms with E-state index in [2.05, 4.69) is 15.4 Å². The molecular formula is C15H21N5O. The van der Waals surface area contributed by atoms with Gasteiger partial charge in [0.1, 0.15) is 0 Å². The van der Waals surface area contributed by atoms with E-state index in [1.807, 2.05) is 29.9 Å². The predicted molar refractivity (Wildman–Crippen MR) is 81.6 cm³/mol. The molecule has 0 spiro atoms. The summed E-state index contributed by atoms with van der Waals surface area (Å²) in [6, 6.07) is 5.57. The molecule has 2 atom stereocenters. The minimum atomic E-state index is -0.244. The van der Waals surface area contributed by atoms with Gasteiger partial charge in [-0.3, -0.25) is 14.5 Å². The zero-order valence-electron chi connectivity index (χ0n) is 12.4. The highest BCUT2D eigenvalue weighted by molar-refractivity contribution is 5.91. The first-order chi connectivity index (χ1) is 10.1. The molecule has 0 fully saturated rings. The van der Waals surface area contributed by atoms with Gasteiger partial charge in [-0.05, 0) is 31.0 Å². The van der Waals surface area contributed by atoms with Crippen LogP contribution in [0.4, 0.5) is 5.82 Å². The molecule has 112 valence electrons. The molecule has 2 aromatic rings. The van der Waals surface area contributed by atoms with E-state index in [4.69, 9.17) is 5.73 Å². The molecule has 0 saturated heterocycles. The van der Waals surface area contributed by atoms with Crippen LogP contribution in [0.15, 0.2) is 36.8 Å². The average Bonchev–Trinajstić information content (AvgIpc) is 2.92. The van der Waals surface area contributed by atoms with Gasteiger partial charge in [0.15, 0.2) is 5.82 Å². The molecule has 0 aliphatic carbocycles. The van der Waals surface area contributed by atoms with Gasteiger partial charge in [0, 0.05) is 37.2 Å². The van der Waals surface area contributed by atoms with E-state index < -0.39 is 0 Å². The highest BCUT2D eigenvalue weighted by Gasteiger charge is 2.17. The molecule has 2 unspecified atom stereocenters. The third kappa shape index (κ3) is 4.39. The monoisotopic (exact) mass is 287 g/mol. The zero-order valence-corrected chi connectivity index (χ0v) is 12.4. The average molecular weight is 287 g/mol. The van der Waals surface area contributed by atoms with Crippen molar-refractivity contribution >= 4 is 11.7 Å². The Balaban J connectivity index is 1.88. The van der Waals surface area contributed by atoms with Crippen LogP contribution in [-0.2, 0) is 17.8 Å². The fourth-order valence-electron chi connectivity index (χ4n) is 1.82. The SMILES string of the molecule is CC(N)C(C)C(=O)Nc1ccn(CCc2ccncc2)n1. The lowest BCUT2D eigenvalue weighted by Crippen LogP contribution is -2.34. The van der Waals surface area contributed by atoms with Gasteiger partial charge in [-0.15, -0.1) is 0 Å². The number of nitrogens with two attached hydrogens (primary N) is 1. The van der Waals surface area contributed by atoms with Crippen molar-refractivity contribution in [2.75, 3.05) is 5.32 Å². The number of carbonyl (C=O) groups is 1. The summed E-state index contributed by atoms with van der Waals surface area (Å²) in [5.41, 5.74) is 6.92. The number of anilines is 1. The summed E-state index contributed by atoms with van der Waals surface area (Å²) in [6.45, 7) is 4.38. The van der Waals surface area contributed by atoms with Gasteiger partial charge in [0.25, 0.3) is 0 Å². The van der Waals surface area contributed by atoms with Crippen LogP contribution in [0.3, 0.4) is 0 Å². The highest BCUT2D eigenvalue weighted by atomic mass is 16.2. The Labute approximate surface area is 124 Å². The molecule has 2 rings (SSSR count). The number of aromatic nitrogens is 3. The van der Waals surface area contributed by atoms with Crippen molar-refractivity contribution in [3.05, 3.63) is 42.4 Å². The standard InChI is InChI=1S/C15H21N5O/c1-11(12(2)16)15(21)18-14-6-10-20(19-14)9-5-13-3-7-17-8-4-13/h3-4,6-8,10-12H,5,9,16H2,1-2H3,(H,18,19,21). The molecule has 0 bridgehead atoms. The summed E-state index contributed by atoms with van der Waals surface area (Å²) in [7, 11) is 0. The molecule has 0 saturated carbocycles. The van der Waals surface area contributed by atoms with Crippen LogP contribution in [0, 0.1) is 5.92 Å². The number of amides is 1. The van der Waals surface area contributed by atoms with E-state index in [-0.39, 0.29) is 17.9 Å². The maximum Gasteiger partial charge on any atom is 0.229 e. The van der Waals surface area contributed by atoms with E-state index in [1.165, 1.54) is 5.56 Å². The van der Waals surface area contributed by atoms with Gasteiger partial charge in [-0.25, -0.2) is 0 Å². The molecule has 2 heterocycles. The van der Waals surface area contributed by atoms with Crippen LogP contribution in [0.5, 0.6) is 0 Å². The molecule has 6 heteroatoms. The maximum absolute atomic E-state index is 11.9. The zero-order chi connectivity index (χ0) is 15.2. The van der Waals surface area contributed by atoms with E-state index in [0.29, 0.717) is 5.82 Å².